The van der Waals surface area contributed by atoms with Crippen LogP contribution in [-0.2, 0) is 0 Å². The van der Waals surface area contributed by atoms with Gasteiger partial charge in [0.15, 0.2) is 0 Å². The predicted octanol–water partition coefficient (Wildman–Crippen LogP) is 6.52. The summed E-state index contributed by atoms with van der Waals surface area (Å²) in [5.41, 5.74) is 4.66. The Morgan fingerprint density at radius 2 is 1.58 bits per heavy atom. The van der Waals surface area contributed by atoms with Crippen molar-refractivity contribution in [2.75, 3.05) is 10.6 Å². The number of hydrogen-bond donors (Lipinski definition) is 3. The second kappa shape index (κ2) is 9.06. The standard InChI is InChI=1S/C26H24N2O2S/c1-17-18(2)31-26(28-25(30)20-12-7-4-8-13-20)23(17)24(19-10-5-3-6-11-19)27-21-14-9-15-22(29)16-21/h3-16,24,27,29H,1-2H3,(H,28,30)/t24-/m0/s1. The number of amides is 1. The smallest absolute Gasteiger partial charge is 0.256 e. The van der Waals surface area contributed by atoms with E-state index >= 15 is 0 Å². The van der Waals surface area contributed by atoms with Crippen molar-refractivity contribution in [1.29, 1.82) is 0 Å². The van der Waals surface area contributed by atoms with E-state index in [1.165, 1.54) is 0 Å². The summed E-state index contributed by atoms with van der Waals surface area (Å²) in [5, 5.41) is 17.4. The average molecular weight is 429 g/mol. The van der Waals surface area contributed by atoms with Gasteiger partial charge in [0.05, 0.1) is 6.04 Å². The molecule has 0 saturated heterocycles. The number of aryl methyl sites for hydroxylation is 1. The van der Waals surface area contributed by atoms with Crippen LogP contribution in [0.25, 0.3) is 0 Å². The summed E-state index contributed by atoms with van der Waals surface area (Å²) in [4.78, 5) is 14.0. The molecule has 0 radical (unpaired) electrons. The summed E-state index contributed by atoms with van der Waals surface area (Å²) in [6.07, 6.45) is 0. The number of thiophene rings is 1. The van der Waals surface area contributed by atoms with Gasteiger partial charge in [-0.1, -0.05) is 54.6 Å². The van der Waals surface area contributed by atoms with Gasteiger partial charge in [-0.15, -0.1) is 11.3 Å². The fourth-order valence-electron chi connectivity index (χ4n) is 3.58. The van der Waals surface area contributed by atoms with Gasteiger partial charge in [-0.2, -0.15) is 0 Å². The molecule has 0 unspecified atom stereocenters. The minimum atomic E-state index is -0.195. The summed E-state index contributed by atoms with van der Waals surface area (Å²) in [6, 6.07) is 26.2. The second-order valence-electron chi connectivity index (χ2n) is 7.38. The summed E-state index contributed by atoms with van der Waals surface area (Å²) < 4.78 is 0. The normalized spacial score (nSPS) is 11.7. The number of phenols is 1. The number of rotatable bonds is 6. The molecule has 5 heteroatoms. The average Bonchev–Trinajstić information content (AvgIpc) is 3.06. The molecule has 1 aromatic heterocycles. The van der Waals surface area contributed by atoms with Crippen LogP contribution in [0.5, 0.6) is 5.75 Å². The molecule has 1 heterocycles. The first kappa shape index (κ1) is 20.7. The highest BCUT2D eigenvalue weighted by molar-refractivity contribution is 7.16. The van der Waals surface area contributed by atoms with Crippen molar-refractivity contribution in [3.05, 3.63) is 112 Å². The van der Waals surface area contributed by atoms with Crippen molar-refractivity contribution in [2.45, 2.75) is 19.9 Å². The molecule has 0 saturated carbocycles. The molecule has 0 aliphatic rings. The third kappa shape index (κ3) is 4.62. The van der Waals surface area contributed by atoms with Crippen molar-refractivity contribution in [3.8, 4) is 5.75 Å². The van der Waals surface area contributed by atoms with E-state index in [2.05, 4.69) is 36.6 Å². The lowest BCUT2D eigenvalue weighted by atomic mass is 9.96. The Kier molecular flexibility index (Phi) is 6.05. The van der Waals surface area contributed by atoms with Gasteiger partial charge in [-0.3, -0.25) is 4.79 Å². The maximum atomic E-state index is 12.9. The summed E-state index contributed by atoms with van der Waals surface area (Å²) in [5.74, 6) is 0.0694. The molecule has 0 bridgehead atoms. The van der Waals surface area contributed by atoms with Crippen LogP contribution in [0.4, 0.5) is 10.7 Å². The Morgan fingerprint density at radius 1 is 0.903 bits per heavy atom. The topological polar surface area (TPSA) is 61.4 Å². The molecule has 3 aromatic carbocycles. The molecule has 31 heavy (non-hydrogen) atoms. The van der Waals surface area contributed by atoms with E-state index in [9.17, 15) is 9.90 Å². The lowest BCUT2D eigenvalue weighted by molar-refractivity contribution is 0.102. The number of benzene rings is 3. The van der Waals surface area contributed by atoms with Gasteiger partial charge in [0.1, 0.15) is 10.8 Å². The Morgan fingerprint density at radius 3 is 2.26 bits per heavy atom. The third-order valence-corrected chi connectivity index (χ3v) is 6.41. The Bertz CT molecular complexity index is 1190. The van der Waals surface area contributed by atoms with E-state index in [1.54, 1.807) is 23.5 Å². The van der Waals surface area contributed by atoms with Gasteiger partial charge >= 0.3 is 0 Å². The summed E-state index contributed by atoms with van der Waals surface area (Å²) in [6.45, 7) is 4.15. The molecule has 0 aliphatic carbocycles. The molecule has 4 aromatic rings. The first-order valence-electron chi connectivity index (χ1n) is 10.1. The molecule has 0 fully saturated rings. The summed E-state index contributed by atoms with van der Waals surface area (Å²) in [7, 11) is 0. The maximum absolute atomic E-state index is 12.9. The quantitative estimate of drug-likeness (QED) is 0.327. The van der Waals surface area contributed by atoms with Gasteiger partial charge in [-0.05, 0) is 49.2 Å². The van der Waals surface area contributed by atoms with Crippen molar-refractivity contribution in [3.63, 3.8) is 0 Å². The van der Waals surface area contributed by atoms with E-state index in [-0.39, 0.29) is 17.7 Å². The SMILES string of the molecule is Cc1sc(NC(=O)c2ccccc2)c([C@@H](Nc2cccc(O)c2)c2ccccc2)c1C. The number of carbonyl (C=O) groups excluding carboxylic acids is 1. The van der Waals surface area contributed by atoms with Crippen LogP contribution in [0.3, 0.4) is 0 Å². The van der Waals surface area contributed by atoms with Gasteiger partial charge < -0.3 is 15.7 Å². The molecular formula is C26H24N2O2S. The largest absolute Gasteiger partial charge is 0.508 e. The van der Waals surface area contributed by atoms with Crippen molar-refractivity contribution in [1.82, 2.24) is 0 Å². The zero-order valence-electron chi connectivity index (χ0n) is 17.4. The van der Waals surface area contributed by atoms with Crippen molar-refractivity contribution < 1.29 is 9.90 Å². The van der Waals surface area contributed by atoms with Crippen LogP contribution < -0.4 is 10.6 Å². The van der Waals surface area contributed by atoms with E-state index in [4.69, 9.17) is 0 Å². The molecule has 1 amide bonds. The van der Waals surface area contributed by atoms with Crippen LogP contribution in [0.2, 0.25) is 0 Å². The highest BCUT2D eigenvalue weighted by atomic mass is 32.1. The van der Waals surface area contributed by atoms with Crippen LogP contribution in [0.1, 0.15) is 38.0 Å². The number of aromatic hydroxyl groups is 1. The van der Waals surface area contributed by atoms with Crippen molar-refractivity contribution >= 4 is 27.9 Å². The second-order valence-corrected chi connectivity index (χ2v) is 8.61. The van der Waals surface area contributed by atoms with E-state index in [0.717, 1.165) is 32.3 Å². The molecule has 156 valence electrons. The Balaban J connectivity index is 1.76. The maximum Gasteiger partial charge on any atom is 0.256 e. The Hall–Kier alpha value is -3.57. The molecule has 4 nitrogen and oxygen atoms in total. The van der Waals surface area contributed by atoms with Crippen LogP contribution in [-0.4, -0.2) is 11.0 Å². The zero-order valence-corrected chi connectivity index (χ0v) is 18.2. The highest BCUT2D eigenvalue weighted by Gasteiger charge is 2.25. The fourth-order valence-corrected chi connectivity index (χ4v) is 4.67. The molecule has 0 spiro atoms. The predicted molar refractivity (Wildman–Crippen MR) is 128 cm³/mol. The van der Waals surface area contributed by atoms with Gasteiger partial charge in [-0.25, -0.2) is 0 Å². The summed E-state index contributed by atoms with van der Waals surface area (Å²) >= 11 is 1.58. The molecule has 4 rings (SSSR count). The number of carbonyl (C=O) groups is 1. The first-order valence-corrected chi connectivity index (χ1v) is 10.9. The lowest BCUT2D eigenvalue weighted by Crippen LogP contribution is -2.17. The van der Waals surface area contributed by atoms with E-state index < -0.39 is 0 Å². The number of anilines is 2. The molecule has 1 atom stereocenters. The molecular weight excluding hydrogens is 404 g/mol. The lowest BCUT2D eigenvalue weighted by Gasteiger charge is -2.23. The third-order valence-electron chi connectivity index (χ3n) is 5.27. The Labute approximate surface area is 186 Å². The minimum Gasteiger partial charge on any atom is -0.508 e. The number of hydrogen-bond acceptors (Lipinski definition) is 4. The fraction of sp³-hybridized carbons (Fsp3) is 0.115. The van der Waals surface area contributed by atoms with E-state index in [0.29, 0.717) is 5.56 Å². The number of phenolic OH excluding ortho intramolecular Hbond substituents is 1. The highest BCUT2D eigenvalue weighted by Crippen LogP contribution is 2.41. The minimum absolute atomic E-state index is 0.132. The van der Waals surface area contributed by atoms with Gasteiger partial charge in [0, 0.05) is 27.8 Å². The van der Waals surface area contributed by atoms with Gasteiger partial charge in [0.25, 0.3) is 5.91 Å². The van der Waals surface area contributed by atoms with Crippen LogP contribution in [0, 0.1) is 13.8 Å². The van der Waals surface area contributed by atoms with E-state index in [1.807, 2.05) is 60.7 Å². The van der Waals surface area contributed by atoms with Crippen LogP contribution >= 0.6 is 11.3 Å². The number of nitrogens with one attached hydrogen (secondary N) is 2. The van der Waals surface area contributed by atoms with Crippen LogP contribution in [0.15, 0.2) is 84.9 Å². The van der Waals surface area contributed by atoms with Gasteiger partial charge in [0.2, 0.25) is 0 Å². The first-order chi connectivity index (χ1) is 15.0. The molecule has 3 N–H and O–H groups in total. The van der Waals surface area contributed by atoms with Crippen molar-refractivity contribution in [2.24, 2.45) is 0 Å². The zero-order chi connectivity index (χ0) is 21.8. The molecule has 0 aliphatic heterocycles. The monoisotopic (exact) mass is 428 g/mol.